The van der Waals surface area contributed by atoms with Gasteiger partial charge >= 0.3 is 0 Å². The second-order valence-electron chi connectivity index (χ2n) is 4.02. The first-order valence-electron chi connectivity index (χ1n) is 6.03. The van der Waals surface area contributed by atoms with Crippen molar-refractivity contribution < 1.29 is 0 Å². The van der Waals surface area contributed by atoms with Crippen LogP contribution in [0.15, 0.2) is 59.6 Å². The zero-order chi connectivity index (χ0) is 13.5. The summed E-state index contributed by atoms with van der Waals surface area (Å²) in [6.07, 6.45) is 2.00. The molecule has 0 saturated carbocycles. The number of nitrogens with one attached hydrogen (secondary N) is 1. The fourth-order valence-electron chi connectivity index (χ4n) is 1.63. The number of rotatable bonds is 3. The molecule has 2 aromatic rings. The van der Waals surface area contributed by atoms with Crippen LogP contribution >= 0.6 is 11.8 Å². The molecule has 2 aromatic carbocycles. The first-order chi connectivity index (χ1) is 9.29. The lowest BCUT2D eigenvalue weighted by Crippen LogP contribution is -2.09. The molecule has 0 saturated heterocycles. The number of thioether (sulfide) groups is 1. The summed E-state index contributed by atoms with van der Waals surface area (Å²) in [6, 6.07) is 17.9. The molecule has 0 spiro atoms. The summed E-state index contributed by atoms with van der Waals surface area (Å²) in [5.74, 6) is 0. The van der Waals surface area contributed by atoms with Gasteiger partial charge in [0.1, 0.15) is 0 Å². The van der Waals surface area contributed by atoms with Gasteiger partial charge in [0, 0.05) is 0 Å². The van der Waals surface area contributed by atoms with Crippen LogP contribution in [-0.2, 0) is 6.54 Å². The third-order valence-corrected chi connectivity index (χ3v) is 3.26. The Balaban J connectivity index is 2.06. The molecule has 3 nitrogen and oxygen atoms in total. The molecule has 19 heavy (non-hydrogen) atoms. The zero-order valence-electron chi connectivity index (χ0n) is 10.8. The minimum Gasteiger partial charge on any atom is -0.397 e. The van der Waals surface area contributed by atoms with E-state index < -0.39 is 0 Å². The number of benzene rings is 2. The molecule has 0 aliphatic heterocycles. The molecule has 2 rings (SSSR count). The van der Waals surface area contributed by atoms with Crippen molar-refractivity contribution in [1.29, 1.82) is 0 Å². The standard InChI is InChI=1S/C15H17N3S/c1-19-15(17-11-12-7-3-2-4-8-12)18-14-10-6-5-9-13(14)16/h2-10H,11,16H2,1H3,(H,17,18). The molecule has 98 valence electrons. The zero-order valence-corrected chi connectivity index (χ0v) is 11.7. The lowest BCUT2D eigenvalue weighted by Gasteiger charge is -2.09. The third-order valence-electron chi connectivity index (χ3n) is 2.64. The average molecular weight is 271 g/mol. The number of anilines is 2. The lowest BCUT2D eigenvalue weighted by atomic mass is 10.2. The van der Waals surface area contributed by atoms with Crippen LogP contribution in [0.5, 0.6) is 0 Å². The predicted molar refractivity (Wildman–Crippen MR) is 85.6 cm³/mol. The van der Waals surface area contributed by atoms with Crippen LogP contribution in [0, 0.1) is 0 Å². The summed E-state index contributed by atoms with van der Waals surface area (Å²) < 4.78 is 0. The van der Waals surface area contributed by atoms with E-state index in [1.54, 1.807) is 11.8 Å². The fraction of sp³-hybridized carbons (Fsp3) is 0.133. The highest BCUT2D eigenvalue weighted by Gasteiger charge is 2.01. The SMILES string of the molecule is CSC(=NCc1ccccc1)Nc1ccccc1N. The smallest absolute Gasteiger partial charge is 0.161 e. The molecule has 0 fully saturated rings. The van der Waals surface area contributed by atoms with Crippen molar-refractivity contribution in [3.63, 3.8) is 0 Å². The predicted octanol–water partition coefficient (Wildman–Crippen LogP) is 3.60. The van der Waals surface area contributed by atoms with Crippen molar-refractivity contribution in [2.45, 2.75) is 6.54 Å². The Kier molecular flexibility index (Phi) is 4.86. The van der Waals surface area contributed by atoms with E-state index in [0.29, 0.717) is 6.54 Å². The van der Waals surface area contributed by atoms with Gasteiger partial charge in [-0.25, -0.2) is 0 Å². The van der Waals surface area contributed by atoms with Gasteiger partial charge in [-0.3, -0.25) is 4.99 Å². The first-order valence-corrected chi connectivity index (χ1v) is 7.26. The molecule has 0 bridgehead atoms. The number of nitrogen functional groups attached to an aromatic ring is 1. The van der Waals surface area contributed by atoms with E-state index in [1.165, 1.54) is 5.56 Å². The number of hydrogen-bond acceptors (Lipinski definition) is 3. The molecule has 0 aliphatic carbocycles. The Morgan fingerprint density at radius 2 is 1.79 bits per heavy atom. The van der Waals surface area contributed by atoms with E-state index in [1.807, 2.05) is 48.7 Å². The Morgan fingerprint density at radius 3 is 2.47 bits per heavy atom. The van der Waals surface area contributed by atoms with Gasteiger partial charge in [0.15, 0.2) is 5.17 Å². The van der Waals surface area contributed by atoms with Crippen molar-refractivity contribution in [3.8, 4) is 0 Å². The molecule has 0 atom stereocenters. The van der Waals surface area contributed by atoms with Crippen LogP contribution in [0.4, 0.5) is 11.4 Å². The van der Waals surface area contributed by atoms with Crippen LogP contribution in [0.2, 0.25) is 0 Å². The van der Waals surface area contributed by atoms with Crippen LogP contribution in [0.3, 0.4) is 0 Å². The molecule has 0 unspecified atom stereocenters. The number of nitrogens with two attached hydrogens (primary N) is 1. The number of para-hydroxylation sites is 2. The van der Waals surface area contributed by atoms with E-state index in [9.17, 15) is 0 Å². The summed E-state index contributed by atoms with van der Waals surface area (Å²) in [4.78, 5) is 4.56. The molecule has 0 heterocycles. The van der Waals surface area contributed by atoms with Gasteiger partial charge in [-0.15, -0.1) is 0 Å². The van der Waals surface area contributed by atoms with Gasteiger partial charge in [0.25, 0.3) is 0 Å². The van der Waals surface area contributed by atoms with Crippen LogP contribution < -0.4 is 11.1 Å². The molecule has 0 aliphatic rings. The summed E-state index contributed by atoms with van der Waals surface area (Å²) in [5.41, 5.74) is 8.71. The monoisotopic (exact) mass is 271 g/mol. The Morgan fingerprint density at radius 1 is 1.11 bits per heavy atom. The van der Waals surface area contributed by atoms with Crippen molar-refractivity contribution in [3.05, 3.63) is 60.2 Å². The van der Waals surface area contributed by atoms with Crippen molar-refractivity contribution >= 4 is 28.3 Å². The summed E-state index contributed by atoms with van der Waals surface area (Å²) in [5, 5.41) is 4.12. The van der Waals surface area contributed by atoms with E-state index in [-0.39, 0.29) is 0 Å². The number of hydrogen-bond donors (Lipinski definition) is 2. The minimum atomic E-state index is 0.663. The van der Waals surface area contributed by atoms with Gasteiger partial charge in [-0.1, -0.05) is 54.2 Å². The summed E-state index contributed by atoms with van der Waals surface area (Å²) >= 11 is 1.58. The molecule has 3 N–H and O–H groups in total. The van der Waals surface area contributed by atoms with Crippen molar-refractivity contribution in [2.75, 3.05) is 17.3 Å². The highest BCUT2D eigenvalue weighted by molar-refractivity contribution is 8.13. The van der Waals surface area contributed by atoms with Crippen molar-refractivity contribution in [2.24, 2.45) is 4.99 Å². The molecule has 0 radical (unpaired) electrons. The molecule has 4 heteroatoms. The molecular weight excluding hydrogens is 254 g/mol. The molecule has 0 aromatic heterocycles. The Hall–Kier alpha value is -1.94. The third kappa shape index (κ3) is 4.03. The summed E-state index contributed by atoms with van der Waals surface area (Å²) in [6.45, 7) is 0.663. The maximum Gasteiger partial charge on any atom is 0.161 e. The summed E-state index contributed by atoms with van der Waals surface area (Å²) in [7, 11) is 0. The fourth-order valence-corrected chi connectivity index (χ4v) is 2.03. The Labute approximate surface area is 117 Å². The van der Waals surface area contributed by atoms with E-state index >= 15 is 0 Å². The molecule has 0 amide bonds. The average Bonchev–Trinajstić information content (AvgIpc) is 2.46. The van der Waals surface area contributed by atoms with E-state index in [4.69, 9.17) is 5.73 Å². The van der Waals surface area contributed by atoms with E-state index in [2.05, 4.69) is 22.4 Å². The topological polar surface area (TPSA) is 50.4 Å². The van der Waals surface area contributed by atoms with Gasteiger partial charge < -0.3 is 11.1 Å². The number of amidine groups is 1. The van der Waals surface area contributed by atoms with Gasteiger partial charge in [0.05, 0.1) is 17.9 Å². The second-order valence-corrected chi connectivity index (χ2v) is 4.82. The number of nitrogens with zero attached hydrogens (tertiary/aromatic N) is 1. The minimum absolute atomic E-state index is 0.663. The van der Waals surface area contributed by atoms with Crippen LogP contribution in [0.1, 0.15) is 5.56 Å². The first kappa shape index (κ1) is 13.5. The Bertz CT molecular complexity index is 552. The molecular formula is C15H17N3S. The van der Waals surface area contributed by atoms with Gasteiger partial charge in [-0.2, -0.15) is 0 Å². The normalized spacial score (nSPS) is 11.3. The quantitative estimate of drug-likeness (QED) is 0.509. The second kappa shape index (κ2) is 6.85. The van der Waals surface area contributed by atoms with Gasteiger partial charge in [0.2, 0.25) is 0 Å². The van der Waals surface area contributed by atoms with Crippen LogP contribution in [-0.4, -0.2) is 11.4 Å². The maximum absolute atomic E-state index is 5.90. The van der Waals surface area contributed by atoms with Gasteiger partial charge in [-0.05, 0) is 24.0 Å². The highest BCUT2D eigenvalue weighted by atomic mass is 32.2. The van der Waals surface area contributed by atoms with E-state index in [0.717, 1.165) is 16.5 Å². The highest BCUT2D eigenvalue weighted by Crippen LogP contribution is 2.18. The van der Waals surface area contributed by atoms with Crippen LogP contribution in [0.25, 0.3) is 0 Å². The van der Waals surface area contributed by atoms with Crippen molar-refractivity contribution in [1.82, 2.24) is 0 Å². The lowest BCUT2D eigenvalue weighted by molar-refractivity contribution is 1.07. The largest absolute Gasteiger partial charge is 0.397 e. The maximum atomic E-state index is 5.90. The number of aliphatic imine (C=N–C) groups is 1.